The van der Waals surface area contributed by atoms with Gasteiger partial charge in [0.25, 0.3) is 0 Å². The minimum Gasteiger partial charge on any atom is -0.459 e. The topological polar surface area (TPSA) is 55.9 Å². The van der Waals surface area contributed by atoms with Crippen molar-refractivity contribution in [2.24, 2.45) is 7.05 Å². The molecule has 0 amide bonds. The summed E-state index contributed by atoms with van der Waals surface area (Å²) >= 11 is 3.44. The highest BCUT2D eigenvalue weighted by Crippen LogP contribution is 2.30. The highest BCUT2D eigenvalue weighted by molar-refractivity contribution is 9.10. The number of fused-ring (bicyclic) bond motifs is 1. The van der Waals surface area contributed by atoms with E-state index in [1.807, 2.05) is 26.2 Å². The standard InChI is InChI=1S/C14H15BrN4O/c1-8-4-5-10-9(6-8)7-11(20-10)12(16-2)13-14(15)17-18-19(13)3/h4-7,12,16H,1-3H3. The van der Waals surface area contributed by atoms with E-state index in [0.717, 1.165) is 27.0 Å². The van der Waals surface area contributed by atoms with Crippen LogP contribution in [-0.4, -0.2) is 22.0 Å². The van der Waals surface area contributed by atoms with E-state index in [2.05, 4.69) is 50.6 Å². The molecule has 0 saturated heterocycles. The molecular formula is C14H15BrN4O. The third-order valence-electron chi connectivity index (χ3n) is 3.36. The van der Waals surface area contributed by atoms with Crippen molar-refractivity contribution >= 4 is 26.9 Å². The lowest BCUT2D eigenvalue weighted by atomic mass is 10.1. The maximum atomic E-state index is 5.96. The second kappa shape index (κ2) is 5.03. The minimum atomic E-state index is -0.0999. The lowest BCUT2D eigenvalue weighted by Gasteiger charge is -2.13. The summed E-state index contributed by atoms with van der Waals surface area (Å²) in [7, 11) is 3.76. The maximum Gasteiger partial charge on any atom is 0.153 e. The molecule has 0 bridgehead atoms. The van der Waals surface area contributed by atoms with Crippen LogP contribution < -0.4 is 5.32 Å². The van der Waals surface area contributed by atoms with Crippen LogP contribution in [0, 0.1) is 6.92 Å². The molecule has 0 aliphatic heterocycles. The van der Waals surface area contributed by atoms with Crippen LogP contribution in [0.1, 0.15) is 23.1 Å². The van der Waals surface area contributed by atoms with E-state index >= 15 is 0 Å². The Morgan fingerprint density at radius 3 is 2.80 bits per heavy atom. The number of nitrogens with zero attached hydrogens (tertiary/aromatic N) is 3. The van der Waals surface area contributed by atoms with Gasteiger partial charge >= 0.3 is 0 Å². The summed E-state index contributed by atoms with van der Waals surface area (Å²) in [4.78, 5) is 0. The van der Waals surface area contributed by atoms with Gasteiger partial charge in [0.2, 0.25) is 0 Å². The van der Waals surface area contributed by atoms with E-state index in [-0.39, 0.29) is 6.04 Å². The van der Waals surface area contributed by atoms with Crippen molar-refractivity contribution in [2.45, 2.75) is 13.0 Å². The van der Waals surface area contributed by atoms with Crippen LogP contribution in [0.3, 0.4) is 0 Å². The molecule has 1 unspecified atom stereocenters. The van der Waals surface area contributed by atoms with E-state index in [0.29, 0.717) is 0 Å². The Bertz CT molecular complexity index is 742. The number of hydrogen-bond acceptors (Lipinski definition) is 4. The molecule has 0 aliphatic rings. The first-order chi connectivity index (χ1) is 9.60. The fourth-order valence-electron chi connectivity index (χ4n) is 2.38. The molecule has 0 spiro atoms. The van der Waals surface area contributed by atoms with Crippen LogP contribution in [0.15, 0.2) is 33.3 Å². The van der Waals surface area contributed by atoms with Crippen molar-refractivity contribution in [3.8, 4) is 0 Å². The monoisotopic (exact) mass is 334 g/mol. The number of rotatable bonds is 3. The van der Waals surface area contributed by atoms with Gasteiger partial charge in [-0.1, -0.05) is 16.8 Å². The van der Waals surface area contributed by atoms with Crippen molar-refractivity contribution in [3.05, 3.63) is 45.9 Å². The summed E-state index contributed by atoms with van der Waals surface area (Å²) in [5, 5.41) is 12.4. The summed E-state index contributed by atoms with van der Waals surface area (Å²) in [6.45, 7) is 2.07. The van der Waals surface area contributed by atoms with Gasteiger partial charge in [0, 0.05) is 12.4 Å². The first-order valence-electron chi connectivity index (χ1n) is 6.32. The second-order valence-corrected chi connectivity index (χ2v) is 5.55. The molecule has 2 aromatic heterocycles. The van der Waals surface area contributed by atoms with E-state index in [1.165, 1.54) is 5.56 Å². The van der Waals surface area contributed by atoms with Crippen molar-refractivity contribution in [1.29, 1.82) is 0 Å². The highest BCUT2D eigenvalue weighted by atomic mass is 79.9. The van der Waals surface area contributed by atoms with E-state index in [4.69, 9.17) is 4.42 Å². The van der Waals surface area contributed by atoms with Gasteiger partial charge in [0.1, 0.15) is 17.4 Å². The van der Waals surface area contributed by atoms with Gasteiger partial charge in [-0.25, -0.2) is 4.68 Å². The molecule has 0 saturated carbocycles. The van der Waals surface area contributed by atoms with Crippen LogP contribution in [0.4, 0.5) is 0 Å². The molecule has 0 fully saturated rings. The lowest BCUT2D eigenvalue weighted by Crippen LogP contribution is -2.20. The van der Waals surface area contributed by atoms with E-state index in [1.54, 1.807) is 4.68 Å². The van der Waals surface area contributed by atoms with Crippen LogP contribution in [0.2, 0.25) is 0 Å². The van der Waals surface area contributed by atoms with Gasteiger partial charge in [0.15, 0.2) is 4.60 Å². The van der Waals surface area contributed by atoms with E-state index in [9.17, 15) is 0 Å². The van der Waals surface area contributed by atoms with Gasteiger partial charge in [-0.05, 0) is 48.1 Å². The molecular weight excluding hydrogens is 320 g/mol. The SMILES string of the molecule is CNC(c1cc2cc(C)ccc2o1)c1c(Br)nnn1C. The van der Waals surface area contributed by atoms with Crippen LogP contribution >= 0.6 is 15.9 Å². The molecule has 5 nitrogen and oxygen atoms in total. The Balaban J connectivity index is 2.12. The Hall–Kier alpha value is -1.66. The van der Waals surface area contributed by atoms with Crippen molar-refractivity contribution in [3.63, 3.8) is 0 Å². The van der Waals surface area contributed by atoms with Gasteiger partial charge in [-0.2, -0.15) is 0 Å². The second-order valence-electron chi connectivity index (χ2n) is 4.80. The number of hydrogen-bond donors (Lipinski definition) is 1. The molecule has 1 N–H and O–H groups in total. The molecule has 6 heteroatoms. The van der Waals surface area contributed by atoms with Gasteiger partial charge < -0.3 is 9.73 Å². The fraction of sp³-hybridized carbons (Fsp3) is 0.286. The Labute approximate surface area is 125 Å². The molecule has 3 aromatic rings. The van der Waals surface area contributed by atoms with E-state index < -0.39 is 0 Å². The number of furan rings is 1. The molecule has 2 heterocycles. The molecule has 20 heavy (non-hydrogen) atoms. The lowest BCUT2D eigenvalue weighted by molar-refractivity contribution is 0.472. The zero-order chi connectivity index (χ0) is 14.3. The van der Waals surface area contributed by atoms with Crippen LogP contribution in [0.25, 0.3) is 11.0 Å². The normalized spacial score (nSPS) is 13.0. The zero-order valence-corrected chi connectivity index (χ0v) is 13.1. The summed E-state index contributed by atoms with van der Waals surface area (Å²) < 4.78 is 8.42. The zero-order valence-electron chi connectivity index (χ0n) is 11.5. The summed E-state index contributed by atoms with van der Waals surface area (Å²) in [5.41, 5.74) is 3.04. The van der Waals surface area contributed by atoms with Gasteiger partial charge in [0.05, 0.1) is 5.69 Å². The third-order valence-corrected chi connectivity index (χ3v) is 3.93. The average Bonchev–Trinajstić information content (AvgIpc) is 2.97. The Morgan fingerprint density at radius 2 is 2.15 bits per heavy atom. The predicted molar refractivity (Wildman–Crippen MR) is 80.6 cm³/mol. The van der Waals surface area contributed by atoms with Crippen LogP contribution in [0.5, 0.6) is 0 Å². The highest BCUT2D eigenvalue weighted by Gasteiger charge is 2.23. The molecule has 104 valence electrons. The van der Waals surface area contributed by atoms with Crippen molar-refractivity contribution in [1.82, 2.24) is 20.3 Å². The minimum absolute atomic E-state index is 0.0999. The fourth-order valence-corrected chi connectivity index (χ4v) is 2.94. The molecule has 0 aliphatic carbocycles. The molecule has 0 radical (unpaired) electrons. The van der Waals surface area contributed by atoms with Gasteiger partial charge in [-0.15, -0.1) is 5.10 Å². The van der Waals surface area contributed by atoms with Crippen LogP contribution in [-0.2, 0) is 7.05 Å². The first kappa shape index (κ1) is 13.3. The summed E-state index contributed by atoms with van der Waals surface area (Å²) in [6, 6.07) is 8.12. The third kappa shape index (κ3) is 2.14. The number of aromatic nitrogens is 3. The maximum absolute atomic E-state index is 5.96. The smallest absolute Gasteiger partial charge is 0.153 e. The number of aryl methyl sites for hydroxylation is 2. The Kier molecular flexibility index (Phi) is 3.35. The summed E-state index contributed by atoms with van der Waals surface area (Å²) in [6.07, 6.45) is 0. The first-order valence-corrected chi connectivity index (χ1v) is 7.12. The molecule has 1 atom stereocenters. The number of benzene rings is 1. The summed E-state index contributed by atoms with van der Waals surface area (Å²) in [5.74, 6) is 0.846. The largest absolute Gasteiger partial charge is 0.459 e. The quantitative estimate of drug-likeness (QED) is 0.800. The van der Waals surface area contributed by atoms with Crippen molar-refractivity contribution < 1.29 is 4.42 Å². The average molecular weight is 335 g/mol. The number of nitrogens with one attached hydrogen (secondary N) is 1. The Morgan fingerprint density at radius 1 is 1.35 bits per heavy atom. The predicted octanol–water partition coefficient (Wildman–Crippen LogP) is 2.94. The molecule has 3 rings (SSSR count). The number of halogens is 1. The molecule has 1 aromatic carbocycles. The van der Waals surface area contributed by atoms with Crippen molar-refractivity contribution in [2.75, 3.05) is 7.05 Å². The van der Waals surface area contributed by atoms with Gasteiger partial charge in [-0.3, -0.25) is 0 Å².